The van der Waals surface area contributed by atoms with Crippen LogP contribution in [0.4, 0.5) is 35.2 Å². The number of nitrogens with zero attached hydrogens (tertiary/aromatic N) is 5. The van der Waals surface area contributed by atoms with Crippen molar-refractivity contribution in [3.8, 4) is 11.5 Å². The number of piperidine rings is 3. The van der Waals surface area contributed by atoms with Crippen molar-refractivity contribution in [1.29, 1.82) is 0 Å². The van der Waals surface area contributed by atoms with Crippen LogP contribution in [0.15, 0.2) is 48.5 Å². The molecule has 20 heteroatoms. The molecule has 5 amide bonds. The summed E-state index contributed by atoms with van der Waals surface area (Å²) in [5, 5.41) is 17.2. The first-order chi connectivity index (χ1) is 31.5. The van der Waals surface area contributed by atoms with Crippen molar-refractivity contribution in [3.05, 3.63) is 76.6 Å². The Morgan fingerprint density at radius 2 is 1.65 bits per heavy atom. The van der Waals surface area contributed by atoms with Crippen molar-refractivity contribution in [2.45, 2.75) is 76.7 Å². The molecule has 17 nitrogen and oxygen atoms in total. The summed E-state index contributed by atoms with van der Waals surface area (Å²) in [6.07, 6.45) is -2.70. The molecule has 2 atom stereocenters. The number of aryl methyl sites for hydroxylation is 1. The number of alkyl halides is 3. The molecular weight excluding hydrogens is 866 g/mol. The van der Waals surface area contributed by atoms with Gasteiger partial charge in [-0.2, -0.15) is 13.2 Å². The number of aromatic nitrogens is 2. The molecule has 0 aliphatic carbocycles. The first kappa shape index (κ1) is 46.0. The van der Waals surface area contributed by atoms with E-state index in [4.69, 9.17) is 14.2 Å². The predicted octanol–water partition coefficient (Wildman–Crippen LogP) is 6.41. The number of ether oxygens (including phenoxy) is 3. The van der Waals surface area contributed by atoms with Gasteiger partial charge in [0.15, 0.2) is 11.5 Å². The molecule has 0 spiro atoms. The van der Waals surface area contributed by atoms with Gasteiger partial charge in [0.05, 0.1) is 34.9 Å². The van der Waals surface area contributed by atoms with Gasteiger partial charge in [0.1, 0.15) is 30.4 Å². The maximum Gasteiger partial charge on any atom is 0.416 e. The molecule has 3 fully saturated rings. The van der Waals surface area contributed by atoms with E-state index >= 15 is 0 Å². The number of rotatable bonds is 14. The molecule has 5 heterocycles. The Kier molecular flexibility index (Phi) is 13.3. The van der Waals surface area contributed by atoms with Crippen LogP contribution in [-0.4, -0.2) is 120 Å². The van der Waals surface area contributed by atoms with Gasteiger partial charge in [0.2, 0.25) is 11.8 Å². The van der Waals surface area contributed by atoms with Gasteiger partial charge in [-0.1, -0.05) is 0 Å². The van der Waals surface area contributed by atoms with Crippen molar-refractivity contribution in [3.63, 3.8) is 0 Å². The molecule has 3 aromatic carbocycles. The number of nitrogens with one attached hydrogen (secondary N) is 3. The minimum atomic E-state index is -4.71. The normalized spacial score (nSPS) is 19.2. The number of fused-ring (bicyclic) bond motifs is 2. The lowest BCUT2D eigenvalue weighted by molar-refractivity contribution is -0.138. The number of imide groups is 2. The molecular formula is C46H51F3N8O9. The molecule has 8 rings (SSSR count). The standard InChI is InChI=1S/C46H51F3N8O9/c1-25(28-18-29(46(47,48)49)20-30(19-28)53-45(62)63)50-41-35-22-38(65-17-16-64-3)39(23-36(35)51-26(2)52-41)66-32-10-12-55(13-11-32)24-27-8-14-56(15-9-27)31-4-5-33-34(21-31)44(61)57(43(33)60)37-6-7-40(58)54-42(37)59/h4-5,18-23,25,27,32,37,53H,6-17,24H2,1-3H3,(H,62,63)(H,50,51,52)(H,54,58,59)/t25-,37?/m1/s1. The molecule has 4 aliphatic rings. The molecule has 4 N–H and O–H groups in total. The minimum Gasteiger partial charge on any atom is -0.487 e. The summed E-state index contributed by atoms with van der Waals surface area (Å²) in [6.45, 7) is 8.04. The number of carbonyl (C=O) groups is 5. The van der Waals surface area contributed by atoms with E-state index in [-0.39, 0.29) is 47.9 Å². The van der Waals surface area contributed by atoms with Gasteiger partial charge in [-0.3, -0.25) is 34.7 Å². The fraction of sp³-hybridized carbons (Fsp3) is 0.457. The summed E-state index contributed by atoms with van der Waals surface area (Å²) < 4.78 is 59.4. The number of amides is 5. The molecule has 1 aromatic heterocycles. The van der Waals surface area contributed by atoms with Crippen molar-refractivity contribution < 1.29 is 56.5 Å². The lowest BCUT2D eigenvalue weighted by Gasteiger charge is -2.38. The Balaban J connectivity index is 0.886. The molecule has 4 aromatic rings. The van der Waals surface area contributed by atoms with E-state index in [2.05, 4.69) is 30.4 Å². The Morgan fingerprint density at radius 3 is 2.35 bits per heavy atom. The number of anilines is 3. The lowest BCUT2D eigenvalue weighted by atomic mass is 9.94. The highest BCUT2D eigenvalue weighted by molar-refractivity contribution is 6.23. The van der Waals surface area contributed by atoms with Crippen LogP contribution in [0.25, 0.3) is 10.9 Å². The zero-order valence-corrected chi connectivity index (χ0v) is 36.7. The highest BCUT2D eigenvalue weighted by Gasteiger charge is 2.45. The Morgan fingerprint density at radius 1 is 0.909 bits per heavy atom. The average molecular weight is 917 g/mol. The third-order valence-corrected chi connectivity index (χ3v) is 12.6. The van der Waals surface area contributed by atoms with Gasteiger partial charge in [0, 0.05) is 69.1 Å². The summed E-state index contributed by atoms with van der Waals surface area (Å²) >= 11 is 0. The van der Waals surface area contributed by atoms with Gasteiger partial charge in [0.25, 0.3) is 11.8 Å². The maximum atomic E-state index is 13.8. The van der Waals surface area contributed by atoms with Crippen LogP contribution in [0.2, 0.25) is 0 Å². The summed E-state index contributed by atoms with van der Waals surface area (Å²) in [5.74, 6) is 0.0376. The van der Waals surface area contributed by atoms with Gasteiger partial charge in [-0.05, 0) is 99.9 Å². The van der Waals surface area contributed by atoms with Crippen molar-refractivity contribution >= 4 is 57.8 Å². The number of hydrogen-bond donors (Lipinski definition) is 4. The van der Waals surface area contributed by atoms with Crippen LogP contribution in [0.3, 0.4) is 0 Å². The smallest absolute Gasteiger partial charge is 0.416 e. The highest BCUT2D eigenvalue weighted by atomic mass is 19.4. The molecule has 0 radical (unpaired) electrons. The number of carbonyl (C=O) groups excluding carboxylic acids is 4. The fourth-order valence-electron chi connectivity index (χ4n) is 9.14. The van der Waals surface area contributed by atoms with Gasteiger partial charge >= 0.3 is 12.3 Å². The van der Waals surface area contributed by atoms with Crippen LogP contribution >= 0.6 is 0 Å². The van der Waals surface area contributed by atoms with Crippen molar-refractivity contribution in [2.24, 2.45) is 5.92 Å². The molecule has 1 unspecified atom stereocenters. The van der Waals surface area contributed by atoms with Crippen LogP contribution in [0.1, 0.15) is 89.2 Å². The van der Waals surface area contributed by atoms with E-state index in [1.807, 2.05) is 11.4 Å². The molecule has 350 valence electrons. The molecule has 66 heavy (non-hydrogen) atoms. The number of likely N-dealkylation sites (tertiary alicyclic amines) is 1. The second kappa shape index (κ2) is 19.1. The Labute approximate surface area is 377 Å². The largest absolute Gasteiger partial charge is 0.487 e. The topological polar surface area (TPSA) is 205 Å². The van der Waals surface area contributed by atoms with E-state index in [9.17, 15) is 42.3 Å². The van der Waals surface area contributed by atoms with Crippen molar-refractivity contribution in [2.75, 3.05) is 68.6 Å². The fourth-order valence-corrected chi connectivity index (χ4v) is 9.14. The molecule has 4 aliphatic heterocycles. The van der Waals surface area contributed by atoms with Crippen molar-refractivity contribution in [1.82, 2.24) is 25.1 Å². The summed E-state index contributed by atoms with van der Waals surface area (Å²) in [7, 11) is 1.56. The zero-order valence-electron chi connectivity index (χ0n) is 36.7. The van der Waals surface area contributed by atoms with Crippen LogP contribution < -0.4 is 30.3 Å². The number of halogens is 3. The second-order valence-electron chi connectivity index (χ2n) is 17.1. The van der Waals surface area contributed by atoms with Gasteiger partial charge < -0.3 is 34.4 Å². The summed E-state index contributed by atoms with van der Waals surface area (Å²) in [6, 6.07) is 10.1. The molecule has 0 bridgehead atoms. The van der Waals surface area contributed by atoms with Crippen LogP contribution in [-0.2, 0) is 20.5 Å². The SMILES string of the molecule is COCCOc1cc2c(N[C@H](C)c3cc(NC(=O)O)cc(C(F)(F)F)c3)nc(C)nc2cc1OC1CCN(CC2CCN(c3ccc4c(c3)C(=O)N(C3CCC(=O)NC3=O)C4=O)CC2)CC1. The number of benzene rings is 3. The minimum absolute atomic E-state index is 0.0628. The average Bonchev–Trinajstić information content (AvgIpc) is 3.51. The van der Waals surface area contributed by atoms with Crippen LogP contribution in [0.5, 0.6) is 11.5 Å². The summed E-state index contributed by atoms with van der Waals surface area (Å²) in [4.78, 5) is 76.9. The third-order valence-electron chi connectivity index (χ3n) is 12.6. The second-order valence-corrected chi connectivity index (χ2v) is 17.1. The third kappa shape index (κ3) is 10.1. The first-order valence-corrected chi connectivity index (χ1v) is 22.0. The van der Waals surface area contributed by atoms with E-state index in [0.29, 0.717) is 46.6 Å². The van der Waals surface area contributed by atoms with Crippen LogP contribution in [0, 0.1) is 12.8 Å². The predicted molar refractivity (Wildman–Crippen MR) is 235 cm³/mol. The number of methoxy groups -OCH3 is 1. The highest BCUT2D eigenvalue weighted by Crippen LogP contribution is 2.39. The number of hydrogen-bond acceptors (Lipinski definition) is 13. The van der Waals surface area contributed by atoms with Gasteiger partial charge in [-0.25, -0.2) is 14.8 Å². The quantitative estimate of drug-likeness (QED) is 0.0798. The lowest BCUT2D eigenvalue weighted by Crippen LogP contribution is -2.54. The zero-order chi connectivity index (χ0) is 46.9. The van der Waals surface area contributed by atoms with E-state index in [0.717, 1.165) is 81.1 Å². The Hall–Kier alpha value is -6.54. The first-order valence-electron chi connectivity index (χ1n) is 22.0. The Bertz CT molecular complexity index is 2540. The molecule has 3 saturated heterocycles. The van der Waals surface area contributed by atoms with Gasteiger partial charge in [-0.15, -0.1) is 0 Å². The summed E-state index contributed by atoms with van der Waals surface area (Å²) in [5.41, 5.74) is 0.874. The molecule has 0 saturated carbocycles. The number of carboxylic acid groups (broad SMARTS) is 1. The van der Waals surface area contributed by atoms with E-state index in [1.165, 1.54) is 6.07 Å². The maximum absolute atomic E-state index is 13.8. The van der Waals surface area contributed by atoms with E-state index < -0.39 is 53.5 Å². The monoisotopic (exact) mass is 916 g/mol. The van der Waals surface area contributed by atoms with E-state index in [1.54, 1.807) is 45.2 Å².